The first-order valence-corrected chi connectivity index (χ1v) is 7.94. The van der Waals surface area contributed by atoms with Gasteiger partial charge in [-0.25, -0.2) is 0 Å². The molecule has 1 N–H and O–H groups in total. The summed E-state index contributed by atoms with van der Waals surface area (Å²) < 4.78 is 0. The summed E-state index contributed by atoms with van der Waals surface area (Å²) in [5.41, 5.74) is 2.52. The average Bonchev–Trinajstić information content (AvgIpc) is 2.89. The van der Waals surface area contributed by atoms with Crippen molar-refractivity contribution in [3.8, 4) is 0 Å². The van der Waals surface area contributed by atoms with Gasteiger partial charge in [0.1, 0.15) is 0 Å². The summed E-state index contributed by atoms with van der Waals surface area (Å²) in [6.07, 6.45) is 2.37. The Balaban J connectivity index is 2.15. The molecule has 116 valence electrons. The van der Waals surface area contributed by atoms with Gasteiger partial charge in [-0.3, -0.25) is 9.78 Å². The summed E-state index contributed by atoms with van der Waals surface area (Å²) in [7, 11) is 0. The second-order valence-electron chi connectivity index (χ2n) is 6.48. The van der Waals surface area contributed by atoms with Gasteiger partial charge in [-0.15, -0.1) is 0 Å². The molecule has 0 aliphatic carbocycles. The first kappa shape index (κ1) is 16.0. The van der Waals surface area contributed by atoms with Crippen molar-refractivity contribution in [2.75, 3.05) is 19.6 Å². The molecule has 1 aromatic heterocycles. The van der Waals surface area contributed by atoms with Crippen molar-refractivity contribution < 1.29 is 4.79 Å². The molecule has 1 atom stereocenters. The van der Waals surface area contributed by atoms with Gasteiger partial charge < -0.3 is 10.2 Å². The molecule has 1 aliphatic rings. The van der Waals surface area contributed by atoms with Gasteiger partial charge in [-0.05, 0) is 51.3 Å². The predicted octanol–water partition coefficient (Wildman–Crippen LogP) is 2.55. The number of aryl methyl sites for hydroxylation is 2. The highest BCUT2D eigenvalue weighted by atomic mass is 16.2. The minimum absolute atomic E-state index is 0.113. The Hall–Kier alpha value is -1.42. The average molecular weight is 289 g/mol. The second-order valence-corrected chi connectivity index (χ2v) is 6.48. The minimum atomic E-state index is 0.113. The summed E-state index contributed by atoms with van der Waals surface area (Å²) >= 11 is 0. The summed E-state index contributed by atoms with van der Waals surface area (Å²) in [5.74, 6) is 0.580. The van der Waals surface area contributed by atoms with Crippen molar-refractivity contribution in [2.24, 2.45) is 5.92 Å². The van der Waals surface area contributed by atoms with E-state index in [-0.39, 0.29) is 5.91 Å². The zero-order valence-electron chi connectivity index (χ0n) is 13.6. The number of carbonyl (C=O) groups excluding carboxylic acids is 1. The lowest BCUT2D eigenvalue weighted by Gasteiger charge is -2.28. The smallest absolute Gasteiger partial charge is 0.255 e. The van der Waals surface area contributed by atoms with Gasteiger partial charge >= 0.3 is 0 Å². The van der Waals surface area contributed by atoms with Crippen LogP contribution >= 0.6 is 0 Å². The lowest BCUT2D eigenvalue weighted by Crippen LogP contribution is -2.43. The van der Waals surface area contributed by atoms with Gasteiger partial charge in [0, 0.05) is 24.8 Å². The van der Waals surface area contributed by atoms with Gasteiger partial charge in [-0.2, -0.15) is 0 Å². The summed E-state index contributed by atoms with van der Waals surface area (Å²) in [6, 6.07) is 4.27. The van der Waals surface area contributed by atoms with Crippen molar-refractivity contribution >= 4 is 5.91 Å². The van der Waals surface area contributed by atoms with E-state index < -0.39 is 0 Å². The van der Waals surface area contributed by atoms with Crippen molar-refractivity contribution in [2.45, 2.75) is 46.6 Å². The van der Waals surface area contributed by atoms with E-state index in [1.807, 2.05) is 30.9 Å². The van der Waals surface area contributed by atoms with E-state index in [2.05, 4.69) is 24.1 Å². The van der Waals surface area contributed by atoms with Gasteiger partial charge in [0.15, 0.2) is 0 Å². The number of hydrogen-bond donors (Lipinski definition) is 1. The third kappa shape index (κ3) is 4.27. The van der Waals surface area contributed by atoms with E-state index in [4.69, 9.17) is 0 Å². The molecule has 1 fully saturated rings. The normalized spacial score (nSPS) is 18.2. The van der Waals surface area contributed by atoms with Crippen LogP contribution in [0.5, 0.6) is 0 Å². The molecule has 1 saturated heterocycles. The van der Waals surface area contributed by atoms with Crippen LogP contribution in [0.4, 0.5) is 0 Å². The Bertz CT molecular complexity index is 493. The van der Waals surface area contributed by atoms with Crippen LogP contribution in [-0.2, 0) is 0 Å². The van der Waals surface area contributed by atoms with Crippen molar-refractivity contribution in [1.82, 2.24) is 15.2 Å². The van der Waals surface area contributed by atoms with Gasteiger partial charge in [-0.1, -0.05) is 13.8 Å². The van der Waals surface area contributed by atoms with E-state index in [1.165, 1.54) is 6.42 Å². The molecular weight excluding hydrogens is 262 g/mol. The Morgan fingerprint density at radius 2 is 2.19 bits per heavy atom. The molecule has 1 aromatic rings. The van der Waals surface area contributed by atoms with Crippen LogP contribution in [-0.4, -0.2) is 41.5 Å². The lowest BCUT2D eigenvalue weighted by atomic mass is 10.1. The highest BCUT2D eigenvalue weighted by Gasteiger charge is 2.24. The van der Waals surface area contributed by atoms with E-state index >= 15 is 0 Å². The fourth-order valence-corrected chi connectivity index (χ4v) is 2.94. The summed E-state index contributed by atoms with van der Waals surface area (Å²) in [6.45, 7) is 10.8. The topological polar surface area (TPSA) is 45.2 Å². The fraction of sp³-hybridized carbons (Fsp3) is 0.647. The Labute approximate surface area is 127 Å². The zero-order valence-corrected chi connectivity index (χ0v) is 13.6. The number of aromatic nitrogens is 1. The molecule has 1 unspecified atom stereocenters. The first-order valence-electron chi connectivity index (χ1n) is 7.94. The Morgan fingerprint density at radius 1 is 1.43 bits per heavy atom. The predicted molar refractivity (Wildman–Crippen MR) is 85.5 cm³/mol. The molecule has 4 heteroatoms. The largest absolute Gasteiger partial charge is 0.337 e. The fourth-order valence-electron chi connectivity index (χ4n) is 2.94. The molecule has 4 nitrogen and oxygen atoms in total. The molecule has 0 bridgehead atoms. The first-order chi connectivity index (χ1) is 9.97. The third-order valence-electron chi connectivity index (χ3n) is 3.93. The molecular formula is C17H27N3O. The van der Waals surface area contributed by atoms with Crippen LogP contribution in [0.15, 0.2) is 12.1 Å². The summed E-state index contributed by atoms with van der Waals surface area (Å²) in [5, 5.41) is 3.48. The standard InChI is InChI=1S/C17H27N3O/c1-12(2)10-20(11-15-6-5-9-18-15)17(21)16-8-7-13(3)19-14(16)4/h7-8,12,15,18H,5-6,9-11H2,1-4H3. The number of hydrogen-bond acceptors (Lipinski definition) is 3. The van der Waals surface area contributed by atoms with E-state index in [9.17, 15) is 4.79 Å². The molecule has 0 aromatic carbocycles. The molecule has 0 spiro atoms. The maximum absolute atomic E-state index is 12.9. The molecule has 21 heavy (non-hydrogen) atoms. The molecule has 2 rings (SSSR count). The quantitative estimate of drug-likeness (QED) is 0.906. The number of nitrogens with zero attached hydrogens (tertiary/aromatic N) is 2. The van der Waals surface area contributed by atoms with Crippen molar-refractivity contribution in [3.63, 3.8) is 0 Å². The van der Waals surface area contributed by atoms with Crippen LogP contribution in [0.2, 0.25) is 0 Å². The van der Waals surface area contributed by atoms with Gasteiger partial charge in [0.2, 0.25) is 0 Å². The van der Waals surface area contributed by atoms with Crippen molar-refractivity contribution in [3.05, 3.63) is 29.1 Å². The number of rotatable bonds is 5. The van der Waals surface area contributed by atoms with Crippen LogP contribution in [0.1, 0.15) is 48.4 Å². The Morgan fingerprint density at radius 3 is 2.76 bits per heavy atom. The molecule has 0 saturated carbocycles. The van der Waals surface area contributed by atoms with Crippen LogP contribution in [0, 0.1) is 19.8 Å². The summed E-state index contributed by atoms with van der Waals surface area (Å²) in [4.78, 5) is 19.3. The second kappa shape index (κ2) is 7.03. The van der Waals surface area contributed by atoms with Gasteiger partial charge in [0.05, 0.1) is 11.3 Å². The molecule has 1 amide bonds. The molecule has 0 radical (unpaired) electrons. The maximum atomic E-state index is 12.9. The third-order valence-corrected chi connectivity index (χ3v) is 3.93. The highest BCUT2D eigenvalue weighted by molar-refractivity contribution is 5.95. The van der Waals surface area contributed by atoms with Crippen LogP contribution in [0.25, 0.3) is 0 Å². The van der Waals surface area contributed by atoms with Crippen LogP contribution in [0.3, 0.4) is 0 Å². The number of pyridine rings is 1. The van der Waals surface area contributed by atoms with Crippen LogP contribution < -0.4 is 5.32 Å². The number of nitrogens with one attached hydrogen (secondary N) is 1. The van der Waals surface area contributed by atoms with E-state index in [0.29, 0.717) is 12.0 Å². The maximum Gasteiger partial charge on any atom is 0.255 e. The molecule has 2 heterocycles. The highest BCUT2D eigenvalue weighted by Crippen LogP contribution is 2.14. The van der Waals surface area contributed by atoms with Crippen molar-refractivity contribution in [1.29, 1.82) is 0 Å². The SMILES string of the molecule is Cc1ccc(C(=O)N(CC(C)C)CC2CCCN2)c(C)n1. The van der Waals surface area contributed by atoms with Gasteiger partial charge in [0.25, 0.3) is 5.91 Å². The monoisotopic (exact) mass is 289 g/mol. The zero-order chi connectivity index (χ0) is 15.4. The minimum Gasteiger partial charge on any atom is -0.337 e. The lowest BCUT2D eigenvalue weighted by molar-refractivity contribution is 0.0720. The molecule has 1 aliphatic heterocycles. The number of amides is 1. The van der Waals surface area contributed by atoms with E-state index in [0.717, 1.165) is 43.0 Å². The van der Waals surface area contributed by atoms with E-state index in [1.54, 1.807) is 0 Å². The Kier molecular flexibility index (Phi) is 5.34. The number of carbonyl (C=O) groups is 1.